The van der Waals surface area contributed by atoms with Gasteiger partial charge in [-0.2, -0.15) is 5.10 Å². The quantitative estimate of drug-likeness (QED) is 0.459. The van der Waals surface area contributed by atoms with Gasteiger partial charge in [-0.15, -0.1) is 0 Å². The van der Waals surface area contributed by atoms with Gasteiger partial charge >= 0.3 is 0 Å². The van der Waals surface area contributed by atoms with E-state index in [4.69, 9.17) is 9.73 Å². The summed E-state index contributed by atoms with van der Waals surface area (Å²) in [4.78, 5) is 4.89. The summed E-state index contributed by atoms with van der Waals surface area (Å²) in [5, 5.41) is 11.4. The number of aromatic nitrogens is 2. The molecule has 1 fully saturated rings. The fourth-order valence-corrected chi connectivity index (χ4v) is 4.06. The van der Waals surface area contributed by atoms with Crippen molar-refractivity contribution in [2.45, 2.75) is 45.4 Å². The van der Waals surface area contributed by atoms with Crippen LogP contribution in [0.2, 0.25) is 0 Å². The van der Waals surface area contributed by atoms with Crippen molar-refractivity contribution in [3.05, 3.63) is 48.0 Å². The Morgan fingerprint density at radius 2 is 1.97 bits per heavy atom. The Hall–Kier alpha value is -2.41. The van der Waals surface area contributed by atoms with Crippen molar-refractivity contribution in [2.75, 3.05) is 33.4 Å². The van der Waals surface area contributed by atoms with E-state index in [-0.39, 0.29) is 11.2 Å². The van der Waals surface area contributed by atoms with Gasteiger partial charge in [-0.3, -0.25) is 4.99 Å². The predicted molar refractivity (Wildman–Crippen MR) is 119 cm³/mol. The molecule has 2 N–H and O–H groups in total. The van der Waals surface area contributed by atoms with Gasteiger partial charge in [-0.1, -0.05) is 12.8 Å². The number of halogens is 1. The summed E-state index contributed by atoms with van der Waals surface area (Å²) in [5.41, 5.74) is 2.12. The van der Waals surface area contributed by atoms with Crippen molar-refractivity contribution in [2.24, 2.45) is 10.4 Å². The van der Waals surface area contributed by atoms with E-state index in [1.165, 1.54) is 37.8 Å². The molecule has 0 bridgehead atoms. The highest BCUT2D eigenvalue weighted by Crippen LogP contribution is 2.41. The molecule has 1 heterocycles. The monoisotopic (exact) mass is 415 g/mol. The summed E-state index contributed by atoms with van der Waals surface area (Å²) in [6.07, 6.45) is 8.82. The lowest BCUT2D eigenvalue weighted by molar-refractivity contribution is 0.141. The first-order chi connectivity index (χ1) is 14.6. The van der Waals surface area contributed by atoms with Crippen molar-refractivity contribution in [3.8, 4) is 5.69 Å². The van der Waals surface area contributed by atoms with Gasteiger partial charge < -0.3 is 15.4 Å². The molecule has 164 valence electrons. The van der Waals surface area contributed by atoms with Gasteiger partial charge in [0, 0.05) is 46.0 Å². The Labute approximate surface area is 178 Å². The number of ether oxygens (including phenoxy) is 1. The lowest BCUT2D eigenvalue weighted by Crippen LogP contribution is -2.39. The molecule has 1 saturated carbocycles. The van der Waals surface area contributed by atoms with Crippen LogP contribution in [-0.2, 0) is 11.2 Å². The first-order valence-electron chi connectivity index (χ1n) is 11.0. The molecule has 1 aliphatic carbocycles. The largest absolute Gasteiger partial charge is 0.385 e. The van der Waals surface area contributed by atoms with Crippen molar-refractivity contribution >= 4 is 5.96 Å². The number of hydrogen-bond donors (Lipinski definition) is 2. The smallest absolute Gasteiger partial charge is 0.191 e. The minimum Gasteiger partial charge on any atom is -0.385 e. The molecule has 0 aliphatic heterocycles. The third-order valence-electron chi connectivity index (χ3n) is 5.83. The van der Waals surface area contributed by atoms with Crippen LogP contribution < -0.4 is 10.6 Å². The van der Waals surface area contributed by atoms with Gasteiger partial charge in [0.15, 0.2) is 5.96 Å². The molecular weight excluding hydrogens is 381 g/mol. The van der Waals surface area contributed by atoms with Gasteiger partial charge in [-0.25, -0.2) is 9.07 Å². The average molecular weight is 416 g/mol. The van der Waals surface area contributed by atoms with Crippen molar-refractivity contribution in [1.82, 2.24) is 20.4 Å². The lowest BCUT2D eigenvalue weighted by Gasteiger charge is -2.27. The molecule has 6 nitrogen and oxygen atoms in total. The Morgan fingerprint density at radius 1 is 1.20 bits per heavy atom. The van der Waals surface area contributed by atoms with Gasteiger partial charge in [0.05, 0.1) is 11.4 Å². The maximum absolute atomic E-state index is 13.1. The summed E-state index contributed by atoms with van der Waals surface area (Å²) < 4.78 is 20.2. The van der Waals surface area contributed by atoms with Gasteiger partial charge in [0.1, 0.15) is 5.82 Å². The highest BCUT2D eigenvalue weighted by atomic mass is 19.1. The fourth-order valence-electron chi connectivity index (χ4n) is 4.06. The van der Waals surface area contributed by atoms with Crippen molar-refractivity contribution in [3.63, 3.8) is 0 Å². The third-order valence-corrected chi connectivity index (χ3v) is 5.83. The predicted octanol–water partition coefficient (Wildman–Crippen LogP) is 3.71. The molecule has 1 aromatic carbocycles. The van der Waals surface area contributed by atoms with E-state index in [2.05, 4.69) is 22.7 Å². The van der Waals surface area contributed by atoms with E-state index in [1.54, 1.807) is 23.9 Å². The second kappa shape index (κ2) is 11.1. The van der Waals surface area contributed by atoms with E-state index in [0.29, 0.717) is 0 Å². The summed E-state index contributed by atoms with van der Waals surface area (Å²) in [6, 6.07) is 8.33. The first-order valence-corrected chi connectivity index (χ1v) is 11.0. The maximum atomic E-state index is 13.1. The van der Waals surface area contributed by atoms with Crippen LogP contribution in [-0.4, -0.2) is 49.1 Å². The molecule has 7 heteroatoms. The van der Waals surface area contributed by atoms with Crippen LogP contribution in [0.25, 0.3) is 5.69 Å². The zero-order valence-corrected chi connectivity index (χ0v) is 18.2. The van der Waals surface area contributed by atoms with E-state index < -0.39 is 0 Å². The number of nitrogens with zero attached hydrogens (tertiary/aromatic N) is 3. The highest BCUT2D eigenvalue weighted by molar-refractivity contribution is 5.79. The number of aliphatic imine (C=N–C) groups is 1. The molecule has 2 aromatic rings. The molecule has 30 heavy (non-hydrogen) atoms. The van der Waals surface area contributed by atoms with Crippen LogP contribution in [0.1, 0.15) is 44.7 Å². The summed E-state index contributed by atoms with van der Waals surface area (Å²) in [5.74, 6) is 0.617. The van der Waals surface area contributed by atoms with Gasteiger partial charge in [-0.05, 0) is 61.9 Å². The number of benzene rings is 1. The molecule has 0 radical (unpaired) electrons. The Morgan fingerprint density at radius 3 is 2.67 bits per heavy atom. The normalized spacial score (nSPS) is 16.0. The molecule has 0 spiro atoms. The fraction of sp³-hybridized carbons (Fsp3) is 0.565. The summed E-state index contributed by atoms with van der Waals surface area (Å²) in [6.45, 7) is 5.30. The van der Waals surface area contributed by atoms with Crippen molar-refractivity contribution < 1.29 is 9.13 Å². The molecule has 3 rings (SSSR count). The summed E-state index contributed by atoms with van der Waals surface area (Å²) in [7, 11) is 1.77. The molecule has 1 aromatic heterocycles. The average Bonchev–Trinajstić information content (AvgIpc) is 3.41. The minimum absolute atomic E-state index is 0.243. The molecule has 0 atom stereocenters. The lowest BCUT2D eigenvalue weighted by atomic mass is 9.83. The van der Waals surface area contributed by atoms with E-state index in [1.807, 2.05) is 12.3 Å². The maximum Gasteiger partial charge on any atom is 0.191 e. The minimum atomic E-state index is -0.243. The first kappa shape index (κ1) is 22.3. The van der Waals surface area contributed by atoms with E-state index in [0.717, 1.165) is 56.4 Å². The Bertz CT molecular complexity index is 796. The zero-order chi connectivity index (χ0) is 21.2. The highest BCUT2D eigenvalue weighted by Gasteiger charge is 2.33. The molecule has 0 amide bonds. The second-order valence-corrected chi connectivity index (χ2v) is 8.05. The number of hydrogen-bond acceptors (Lipinski definition) is 3. The Balaban J connectivity index is 1.53. The SMILES string of the molecule is CCNC(=NCC1(CCOC)CCCC1)NCCc1ccn(-c2ccc(F)cc2)n1. The Kier molecular flexibility index (Phi) is 8.25. The van der Waals surface area contributed by atoms with Gasteiger partial charge in [0.25, 0.3) is 0 Å². The van der Waals surface area contributed by atoms with Crippen LogP contribution in [0.4, 0.5) is 4.39 Å². The number of rotatable bonds is 10. The molecule has 0 unspecified atom stereocenters. The van der Waals surface area contributed by atoms with E-state index >= 15 is 0 Å². The number of guanidine groups is 1. The van der Waals surface area contributed by atoms with Crippen LogP contribution in [0, 0.1) is 11.2 Å². The van der Waals surface area contributed by atoms with Crippen LogP contribution in [0.15, 0.2) is 41.5 Å². The number of methoxy groups -OCH3 is 1. The van der Waals surface area contributed by atoms with E-state index in [9.17, 15) is 4.39 Å². The molecule has 0 saturated heterocycles. The van der Waals surface area contributed by atoms with Gasteiger partial charge in [0.2, 0.25) is 0 Å². The third kappa shape index (κ3) is 6.29. The topological polar surface area (TPSA) is 63.5 Å². The standard InChI is InChI=1S/C23H34FN5O/c1-3-25-22(27-18-23(14-17-30-2)12-4-5-13-23)26-15-10-20-11-16-29(28-20)21-8-6-19(24)7-9-21/h6-9,11,16H,3-5,10,12-15,17-18H2,1-2H3,(H2,25,26,27). The molecular formula is C23H34FN5O. The van der Waals surface area contributed by atoms with Crippen molar-refractivity contribution in [1.29, 1.82) is 0 Å². The van der Waals surface area contributed by atoms with Crippen LogP contribution in [0.5, 0.6) is 0 Å². The second-order valence-electron chi connectivity index (χ2n) is 8.05. The zero-order valence-electron chi connectivity index (χ0n) is 18.2. The van der Waals surface area contributed by atoms with Crippen LogP contribution in [0.3, 0.4) is 0 Å². The summed E-state index contributed by atoms with van der Waals surface area (Å²) >= 11 is 0. The number of nitrogens with one attached hydrogen (secondary N) is 2. The van der Waals surface area contributed by atoms with Crippen LogP contribution >= 0.6 is 0 Å². The molecule has 1 aliphatic rings.